The summed E-state index contributed by atoms with van der Waals surface area (Å²) in [5.41, 5.74) is 6.49. The summed E-state index contributed by atoms with van der Waals surface area (Å²) in [5, 5.41) is 7.81. The van der Waals surface area contributed by atoms with Gasteiger partial charge in [0.25, 0.3) is 5.91 Å². The Morgan fingerprint density at radius 1 is 1.22 bits per heavy atom. The lowest BCUT2D eigenvalue weighted by Crippen LogP contribution is -2.63. The summed E-state index contributed by atoms with van der Waals surface area (Å²) in [6.45, 7) is 7.95. The molecule has 0 radical (unpaired) electrons. The van der Waals surface area contributed by atoms with Crippen molar-refractivity contribution in [1.82, 2.24) is 15.1 Å². The van der Waals surface area contributed by atoms with Crippen LogP contribution < -0.4 is 4.74 Å². The van der Waals surface area contributed by atoms with Gasteiger partial charge in [-0.25, -0.2) is 4.39 Å². The van der Waals surface area contributed by atoms with E-state index < -0.39 is 5.82 Å². The Kier molecular flexibility index (Phi) is 5.03. The van der Waals surface area contributed by atoms with E-state index in [0.717, 1.165) is 31.6 Å². The minimum Gasteiger partial charge on any atom is -0.493 e. The van der Waals surface area contributed by atoms with Gasteiger partial charge in [-0.1, -0.05) is 18.2 Å². The van der Waals surface area contributed by atoms with Crippen molar-refractivity contribution in [3.8, 4) is 17.0 Å². The minimum absolute atomic E-state index is 0.0822. The smallest absolute Gasteiger partial charge is 0.257 e. The molecule has 2 heterocycles. The van der Waals surface area contributed by atoms with Crippen LogP contribution in [0.4, 0.5) is 4.39 Å². The van der Waals surface area contributed by atoms with E-state index in [1.807, 2.05) is 11.8 Å². The van der Waals surface area contributed by atoms with Gasteiger partial charge in [0.05, 0.1) is 17.9 Å². The maximum Gasteiger partial charge on any atom is 0.257 e. The SMILES string of the molecule is CCOc1cc(F)ccc1C(=O)N1CC2(CC(c3cc(-c4cccc(C)c4C)n[nH]3)C2)C1. The van der Waals surface area contributed by atoms with Crippen molar-refractivity contribution in [2.75, 3.05) is 19.7 Å². The second-order valence-electron chi connectivity index (χ2n) is 9.30. The van der Waals surface area contributed by atoms with Crippen LogP contribution in [0.2, 0.25) is 0 Å². The predicted molar refractivity (Wildman–Crippen MR) is 121 cm³/mol. The predicted octanol–water partition coefficient (Wildman–Crippen LogP) is 5.25. The molecule has 1 N–H and O–H groups in total. The van der Waals surface area contributed by atoms with E-state index in [-0.39, 0.29) is 11.3 Å². The van der Waals surface area contributed by atoms with Gasteiger partial charge in [0.1, 0.15) is 11.6 Å². The van der Waals surface area contributed by atoms with E-state index in [1.165, 1.54) is 40.6 Å². The largest absolute Gasteiger partial charge is 0.493 e. The van der Waals surface area contributed by atoms with Gasteiger partial charge in [-0.3, -0.25) is 9.89 Å². The first-order chi connectivity index (χ1) is 15.4. The van der Waals surface area contributed by atoms with Crippen LogP contribution in [0.3, 0.4) is 0 Å². The fourth-order valence-electron chi connectivity index (χ4n) is 5.20. The first-order valence-corrected chi connectivity index (χ1v) is 11.2. The lowest BCUT2D eigenvalue weighted by atomic mass is 9.57. The summed E-state index contributed by atoms with van der Waals surface area (Å²) in [6, 6.07) is 12.6. The molecular formula is C26H28FN3O2. The van der Waals surface area contributed by atoms with E-state index in [2.05, 4.69) is 48.3 Å². The summed E-state index contributed by atoms with van der Waals surface area (Å²) in [7, 11) is 0. The van der Waals surface area contributed by atoms with Crippen molar-refractivity contribution in [2.24, 2.45) is 5.41 Å². The van der Waals surface area contributed by atoms with Gasteiger partial charge in [-0.15, -0.1) is 0 Å². The average Bonchev–Trinajstić information content (AvgIpc) is 3.18. The number of aromatic amines is 1. The summed E-state index contributed by atoms with van der Waals surface area (Å²) >= 11 is 0. The molecule has 1 spiro atoms. The van der Waals surface area contributed by atoms with Gasteiger partial charge in [-0.2, -0.15) is 5.10 Å². The third-order valence-electron chi connectivity index (χ3n) is 7.09. The van der Waals surface area contributed by atoms with Gasteiger partial charge in [0.15, 0.2) is 0 Å². The maximum absolute atomic E-state index is 13.6. The average molecular weight is 434 g/mol. The topological polar surface area (TPSA) is 58.2 Å². The van der Waals surface area contributed by atoms with Crippen LogP contribution >= 0.6 is 0 Å². The molecule has 2 aromatic carbocycles. The van der Waals surface area contributed by atoms with Crippen molar-refractivity contribution in [3.63, 3.8) is 0 Å². The standard InChI is InChI=1S/C26H28FN3O2/c1-4-32-24-10-19(27)8-9-21(24)25(31)30-14-26(15-30)12-18(13-26)22-11-23(29-28-22)20-7-5-6-16(2)17(20)3/h5-11,18H,4,12-15H2,1-3H3,(H,28,29). The molecule has 0 unspecified atom stereocenters. The number of nitrogens with zero attached hydrogens (tertiary/aromatic N) is 2. The van der Waals surface area contributed by atoms with E-state index in [0.29, 0.717) is 23.8 Å². The molecule has 3 aromatic rings. The normalized spacial score (nSPS) is 17.2. The summed E-state index contributed by atoms with van der Waals surface area (Å²) in [4.78, 5) is 14.8. The third kappa shape index (κ3) is 3.48. The van der Waals surface area contributed by atoms with Crippen molar-refractivity contribution in [2.45, 2.75) is 39.5 Å². The van der Waals surface area contributed by atoms with E-state index >= 15 is 0 Å². The Balaban J connectivity index is 1.22. The molecule has 6 heteroatoms. The van der Waals surface area contributed by atoms with Gasteiger partial charge in [-0.05, 0) is 62.9 Å². The molecule has 1 aliphatic carbocycles. The van der Waals surface area contributed by atoms with Gasteiger partial charge >= 0.3 is 0 Å². The molecule has 2 aliphatic rings. The zero-order valence-corrected chi connectivity index (χ0v) is 18.7. The highest BCUT2D eigenvalue weighted by Gasteiger charge is 2.54. The number of halogens is 1. The molecule has 1 aliphatic heterocycles. The van der Waals surface area contributed by atoms with Crippen LogP contribution in [0.1, 0.15) is 52.9 Å². The fraction of sp³-hybridized carbons (Fsp3) is 0.385. The molecule has 0 atom stereocenters. The number of nitrogens with one attached hydrogen (secondary N) is 1. The van der Waals surface area contributed by atoms with E-state index in [9.17, 15) is 9.18 Å². The van der Waals surface area contributed by atoms with Crippen LogP contribution in [0.15, 0.2) is 42.5 Å². The number of benzene rings is 2. The number of rotatable bonds is 5. The van der Waals surface area contributed by atoms with Gasteiger partial charge < -0.3 is 9.64 Å². The van der Waals surface area contributed by atoms with E-state index in [1.54, 1.807) is 0 Å². The molecule has 1 saturated carbocycles. The van der Waals surface area contributed by atoms with Crippen molar-refractivity contribution in [3.05, 3.63) is 70.7 Å². The number of H-pyrrole nitrogens is 1. The molecule has 1 saturated heterocycles. The first-order valence-electron chi connectivity index (χ1n) is 11.2. The van der Waals surface area contributed by atoms with Crippen LogP contribution in [-0.4, -0.2) is 40.7 Å². The molecule has 166 valence electrons. The zero-order chi connectivity index (χ0) is 22.5. The Morgan fingerprint density at radius 2 is 2.00 bits per heavy atom. The molecule has 5 nitrogen and oxygen atoms in total. The monoisotopic (exact) mass is 433 g/mol. The highest BCUT2D eigenvalue weighted by atomic mass is 19.1. The number of aryl methyl sites for hydroxylation is 1. The molecule has 1 aromatic heterocycles. The molecule has 1 amide bonds. The summed E-state index contributed by atoms with van der Waals surface area (Å²) in [6.07, 6.45) is 2.10. The van der Waals surface area contributed by atoms with Crippen LogP contribution in [-0.2, 0) is 0 Å². The molecule has 0 bridgehead atoms. The highest BCUT2D eigenvalue weighted by molar-refractivity contribution is 5.97. The number of carbonyl (C=O) groups is 1. The molecular weight excluding hydrogens is 405 g/mol. The van der Waals surface area contributed by atoms with Crippen molar-refractivity contribution in [1.29, 1.82) is 0 Å². The van der Waals surface area contributed by atoms with Crippen LogP contribution in [0.5, 0.6) is 5.75 Å². The summed E-state index contributed by atoms with van der Waals surface area (Å²) in [5.74, 6) is 0.290. The Bertz CT molecular complexity index is 1170. The minimum atomic E-state index is -0.397. The fourth-order valence-corrected chi connectivity index (χ4v) is 5.20. The number of carbonyl (C=O) groups excluding carboxylic acids is 1. The Morgan fingerprint density at radius 3 is 2.75 bits per heavy atom. The van der Waals surface area contributed by atoms with Crippen LogP contribution in [0.25, 0.3) is 11.3 Å². The maximum atomic E-state index is 13.6. The quantitative estimate of drug-likeness (QED) is 0.598. The van der Waals surface area contributed by atoms with Crippen molar-refractivity contribution >= 4 is 5.91 Å². The number of likely N-dealkylation sites (tertiary alicyclic amines) is 1. The van der Waals surface area contributed by atoms with Crippen LogP contribution in [0, 0.1) is 25.1 Å². The lowest BCUT2D eigenvalue weighted by Gasteiger charge is -2.59. The number of hydrogen-bond donors (Lipinski definition) is 1. The van der Waals surface area contributed by atoms with E-state index in [4.69, 9.17) is 4.74 Å². The summed E-state index contributed by atoms with van der Waals surface area (Å²) < 4.78 is 19.0. The number of amides is 1. The van der Waals surface area contributed by atoms with Crippen molar-refractivity contribution < 1.29 is 13.9 Å². The number of aromatic nitrogens is 2. The Labute approximate surface area is 187 Å². The lowest BCUT2D eigenvalue weighted by molar-refractivity contribution is -0.0562. The highest BCUT2D eigenvalue weighted by Crippen LogP contribution is 2.56. The zero-order valence-electron chi connectivity index (χ0n) is 18.7. The number of hydrogen-bond acceptors (Lipinski definition) is 3. The van der Waals surface area contributed by atoms with Gasteiger partial charge in [0, 0.05) is 41.7 Å². The first kappa shape index (κ1) is 20.7. The number of ether oxygens (including phenoxy) is 1. The van der Waals surface area contributed by atoms with Gasteiger partial charge in [0.2, 0.25) is 0 Å². The second-order valence-corrected chi connectivity index (χ2v) is 9.30. The molecule has 5 rings (SSSR count). The third-order valence-corrected chi connectivity index (χ3v) is 7.09. The molecule has 32 heavy (non-hydrogen) atoms. The Hall–Kier alpha value is -3.15. The second kappa shape index (κ2) is 7.76. The molecule has 2 fully saturated rings.